The van der Waals surface area contributed by atoms with Gasteiger partial charge in [0, 0.05) is 11.6 Å². The molecule has 2 aromatic heterocycles. The van der Waals surface area contributed by atoms with Gasteiger partial charge in [-0.05, 0) is 22.9 Å². The zero-order valence-corrected chi connectivity index (χ0v) is 13.2. The zero-order valence-electron chi connectivity index (χ0n) is 13.2. The van der Waals surface area contributed by atoms with Gasteiger partial charge in [-0.25, -0.2) is 0 Å². The van der Waals surface area contributed by atoms with Crippen LogP contribution in [0.5, 0.6) is 0 Å². The van der Waals surface area contributed by atoms with E-state index in [0.717, 1.165) is 16.3 Å². The number of nitrogens with zero attached hydrogens (tertiary/aromatic N) is 2. The Morgan fingerprint density at radius 2 is 1.88 bits per heavy atom. The Bertz CT molecular complexity index is 1040. The van der Waals surface area contributed by atoms with Crippen molar-refractivity contribution in [3.63, 3.8) is 0 Å². The van der Waals surface area contributed by atoms with Crippen LogP contribution in [0.4, 0.5) is 11.8 Å². The Morgan fingerprint density at radius 3 is 2.72 bits per heavy atom. The number of hydrogen-bond donors (Lipinski definition) is 2. The molecule has 6 heteroatoms. The van der Waals surface area contributed by atoms with Crippen molar-refractivity contribution in [2.45, 2.75) is 0 Å². The fraction of sp³-hybridized carbons (Fsp3) is 0.0526. The first kappa shape index (κ1) is 14.8. The molecule has 25 heavy (non-hydrogen) atoms. The standard InChI is InChI=1S/C19H14N4O2/c20-11-16-19(22-12-21-17-9-4-10-24-17)25-18(23-16)15-8-3-6-13-5-1-2-7-14(13)15/h1-10,21-22H,12H2. The molecular weight excluding hydrogens is 316 g/mol. The minimum Gasteiger partial charge on any atom is -0.449 e. The second-order valence-electron chi connectivity index (χ2n) is 5.34. The molecule has 0 bridgehead atoms. The molecule has 122 valence electrons. The van der Waals surface area contributed by atoms with E-state index in [2.05, 4.69) is 21.7 Å². The Morgan fingerprint density at radius 1 is 1.00 bits per heavy atom. The normalized spacial score (nSPS) is 10.5. The van der Waals surface area contributed by atoms with Crippen LogP contribution in [0.15, 0.2) is 69.7 Å². The van der Waals surface area contributed by atoms with E-state index in [1.807, 2.05) is 42.5 Å². The van der Waals surface area contributed by atoms with Gasteiger partial charge in [0.05, 0.1) is 12.9 Å². The van der Waals surface area contributed by atoms with Crippen LogP contribution in [0.3, 0.4) is 0 Å². The van der Waals surface area contributed by atoms with Crippen molar-refractivity contribution in [3.8, 4) is 17.5 Å². The number of rotatable bonds is 5. The van der Waals surface area contributed by atoms with Crippen molar-refractivity contribution >= 4 is 22.5 Å². The summed E-state index contributed by atoms with van der Waals surface area (Å²) < 4.78 is 11.0. The molecule has 0 aliphatic rings. The van der Waals surface area contributed by atoms with Gasteiger partial charge in [-0.2, -0.15) is 10.2 Å². The van der Waals surface area contributed by atoms with E-state index >= 15 is 0 Å². The Labute approximate surface area is 143 Å². The molecule has 0 aliphatic carbocycles. The summed E-state index contributed by atoms with van der Waals surface area (Å²) in [5.41, 5.74) is 1.06. The summed E-state index contributed by atoms with van der Waals surface area (Å²) in [7, 11) is 0. The molecule has 0 saturated carbocycles. The first-order valence-electron chi connectivity index (χ1n) is 7.75. The lowest BCUT2D eigenvalue weighted by atomic mass is 10.0. The predicted octanol–water partition coefficient (Wildman–Crippen LogP) is 4.44. The lowest BCUT2D eigenvalue weighted by molar-refractivity contribution is 0.575. The molecule has 0 amide bonds. The molecule has 2 heterocycles. The molecule has 0 atom stereocenters. The topological polar surface area (TPSA) is 87.0 Å². The smallest absolute Gasteiger partial charge is 0.233 e. The highest BCUT2D eigenvalue weighted by Gasteiger charge is 2.16. The summed E-state index contributed by atoms with van der Waals surface area (Å²) in [5, 5.41) is 17.5. The Kier molecular flexibility index (Phi) is 3.81. The van der Waals surface area contributed by atoms with Crippen LogP contribution in [-0.4, -0.2) is 11.7 Å². The maximum Gasteiger partial charge on any atom is 0.233 e. The van der Waals surface area contributed by atoms with E-state index in [1.54, 1.807) is 18.4 Å². The van der Waals surface area contributed by atoms with Gasteiger partial charge in [0.1, 0.15) is 6.07 Å². The minimum atomic E-state index is 0.212. The summed E-state index contributed by atoms with van der Waals surface area (Å²) in [6.07, 6.45) is 1.58. The van der Waals surface area contributed by atoms with Gasteiger partial charge in [-0.15, -0.1) is 0 Å². The van der Waals surface area contributed by atoms with Gasteiger partial charge in [-0.1, -0.05) is 36.4 Å². The molecule has 2 N–H and O–H groups in total. The average molecular weight is 330 g/mol. The van der Waals surface area contributed by atoms with E-state index in [0.29, 0.717) is 24.3 Å². The van der Waals surface area contributed by atoms with Gasteiger partial charge in [0.25, 0.3) is 0 Å². The number of hydrogen-bond acceptors (Lipinski definition) is 6. The van der Waals surface area contributed by atoms with Crippen LogP contribution < -0.4 is 10.6 Å². The highest BCUT2D eigenvalue weighted by Crippen LogP contribution is 2.31. The van der Waals surface area contributed by atoms with Gasteiger partial charge in [-0.3, -0.25) is 0 Å². The van der Waals surface area contributed by atoms with Gasteiger partial charge in [0.15, 0.2) is 5.88 Å². The molecule has 0 radical (unpaired) electrons. The second kappa shape index (κ2) is 6.42. The second-order valence-corrected chi connectivity index (χ2v) is 5.34. The number of benzene rings is 2. The van der Waals surface area contributed by atoms with Crippen LogP contribution in [0.2, 0.25) is 0 Å². The van der Waals surface area contributed by atoms with Crippen molar-refractivity contribution in [1.29, 1.82) is 5.26 Å². The Hall–Kier alpha value is -3.72. The van der Waals surface area contributed by atoms with Crippen molar-refractivity contribution in [2.24, 2.45) is 0 Å². The minimum absolute atomic E-state index is 0.212. The summed E-state index contributed by atoms with van der Waals surface area (Å²) in [4.78, 5) is 4.32. The maximum absolute atomic E-state index is 9.32. The molecular formula is C19H14N4O2. The first-order valence-corrected chi connectivity index (χ1v) is 7.75. The molecule has 0 spiro atoms. The fourth-order valence-electron chi connectivity index (χ4n) is 2.63. The molecule has 6 nitrogen and oxygen atoms in total. The highest BCUT2D eigenvalue weighted by atomic mass is 16.4. The fourth-order valence-corrected chi connectivity index (χ4v) is 2.63. The maximum atomic E-state index is 9.32. The number of nitrogens with one attached hydrogen (secondary N) is 2. The van der Waals surface area contributed by atoms with Gasteiger partial charge in [0.2, 0.25) is 17.5 Å². The lowest BCUT2D eigenvalue weighted by Gasteiger charge is -2.04. The number of oxazole rings is 1. The third-order valence-electron chi connectivity index (χ3n) is 3.79. The summed E-state index contributed by atoms with van der Waals surface area (Å²) in [6.45, 7) is 0.340. The van der Waals surface area contributed by atoms with E-state index in [4.69, 9.17) is 8.83 Å². The Balaban J connectivity index is 1.63. The van der Waals surface area contributed by atoms with Gasteiger partial charge >= 0.3 is 0 Å². The van der Waals surface area contributed by atoms with Crippen molar-refractivity contribution in [1.82, 2.24) is 4.98 Å². The summed E-state index contributed by atoms with van der Waals surface area (Å²) >= 11 is 0. The molecule has 4 rings (SSSR count). The number of anilines is 2. The van der Waals surface area contributed by atoms with Crippen molar-refractivity contribution in [3.05, 3.63) is 66.6 Å². The molecule has 2 aromatic carbocycles. The SMILES string of the molecule is N#Cc1nc(-c2cccc3ccccc23)oc1NCNc1ccco1. The third-order valence-corrected chi connectivity index (χ3v) is 3.79. The third kappa shape index (κ3) is 2.91. The number of aromatic nitrogens is 1. The number of furan rings is 1. The molecule has 0 unspecified atom stereocenters. The van der Waals surface area contributed by atoms with Crippen molar-refractivity contribution < 1.29 is 8.83 Å². The monoisotopic (exact) mass is 330 g/mol. The highest BCUT2D eigenvalue weighted by molar-refractivity contribution is 5.94. The van der Waals surface area contributed by atoms with E-state index in [-0.39, 0.29) is 5.69 Å². The van der Waals surface area contributed by atoms with Crippen LogP contribution in [0.25, 0.3) is 22.2 Å². The lowest BCUT2D eigenvalue weighted by Crippen LogP contribution is -2.11. The molecule has 0 aliphatic heterocycles. The summed E-state index contributed by atoms with van der Waals surface area (Å²) in [5.74, 6) is 1.36. The van der Waals surface area contributed by atoms with Crippen LogP contribution in [0, 0.1) is 11.3 Å². The number of fused-ring (bicyclic) bond motifs is 1. The average Bonchev–Trinajstić information content (AvgIpc) is 3.31. The molecule has 0 fully saturated rings. The summed E-state index contributed by atoms with van der Waals surface area (Å²) in [6, 6.07) is 19.5. The van der Waals surface area contributed by atoms with Crippen LogP contribution >= 0.6 is 0 Å². The van der Waals surface area contributed by atoms with Gasteiger partial charge < -0.3 is 19.5 Å². The van der Waals surface area contributed by atoms with E-state index in [9.17, 15) is 5.26 Å². The first-order chi connectivity index (χ1) is 12.3. The largest absolute Gasteiger partial charge is 0.449 e. The van der Waals surface area contributed by atoms with E-state index in [1.165, 1.54) is 0 Å². The zero-order chi connectivity index (χ0) is 17.1. The van der Waals surface area contributed by atoms with Crippen LogP contribution in [0.1, 0.15) is 5.69 Å². The molecule has 4 aromatic rings. The van der Waals surface area contributed by atoms with E-state index < -0.39 is 0 Å². The van der Waals surface area contributed by atoms with Crippen molar-refractivity contribution in [2.75, 3.05) is 17.3 Å². The molecule has 0 saturated heterocycles. The van der Waals surface area contributed by atoms with Crippen LogP contribution in [-0.2, 0) is 0 Å². The predicted molar refractivity (Wildman–Crippen MR) is 95.0 cm³/mol. The quantitative estimate of drug-likeness (QED) is 0.526. The number of nitriles is 1.